The molecule has 10 heteroatoms. The van der Waals surface area contributed by atoms with Crippen molar-refractivity contribution >= 4 is 31.9 Å². The number of halogens is 1. The summed E-state index contributed by atoms with van der Waals surface area (Å²) in [4.78, 5) is 19.2. The second kappa shape index (κ2) is 9.86. The maximum Gasteiger partial charge on any atom is 0.259 e. The molecule has 1 aromatic heterocycles. The fraction of sp³-hybridized carbons (Fsp3) is 0.455. The van der Waals surface area contributed by atoms with Gasteiger partial charge in [0.25, 0.3) is 5.91 Å². The predicted octanol–water partition coefficient (Wildman–Crippen LogP) is 2.69. The molecule has 1 aliphatic rings. The summed E-state index contributed by atoms with van der Waals surface area (Å²) in [5.41, 5.74) is 1.24. The third kappa shape index (κ3) is 5.14. The van der Waals surface area contributed by atoms with Crippen LogP contribution in [0.5, 0.6) is 5.88 Å². The van der Waals surface area contributed by atoms with Gasteiger partial charge in [0.2, 0.25) is 15.9 Å². The van der Waals surface area contributed by atoms with Crippen molar-refractivity contribution in [3.63, 3.8) is 0 Å². The lowest BCUT2D eigenvalue weighted by Gasteiger charge is -2.37. The van der Waals surface area contributed by atoms with Gasteiger partial charge in [-0.05, 0) is 48.0 Å². The number of amides is 1. The minimum Gasteiger partial charge on any atom is -0.472 e. The van der Waals surface area contributed by atoms with Crippen LogP contribution in [-0.2, 0) is 10.0 Å². The molecule has 1 N–H and O–H groups in total. The summed E-state index contributed by atoms with van der Waals surface area (Å²) in [5.74, 6) is -0.366. The maximum atomic E-state index is 13.2. The molecule has 174 valence electrons. The number of carbonyl (C=O) groups excluding carboxylic acids is 1. The second-order valence-electron chi connectivity index (χ2n) is 8.23. The average Bonchev–Trinajstić information content (AvgIpc) is 2.76. The Kier molecular flexibility index (Phi) is 7.59. The number of hydrogen-bond donors (Lipinski definition) is 1. The number of aliphatic hydroxyl groups is 1. The summed E-state index contributed by atoms with van der Waals surface area (Å²) >= 11 is 3.34. The lowest BCUT2D eigenvalue weighted by atomic mass is 10.0. The number of rotatable bonds is 6. The highest BCUT2D eigenvalue weighted by Gasteiger charge is 2.35. The zero-order chi connectivity index (χ0) is 23.6. The van der Waals surface area contributed by atoms with E-state index in [-0.39, 0.29) is 41.3 Å². The van der Waals surface area contributed by atoms with E-state index in [0.717, 1.165) is 5.56 Å². The van der Waals surface area contributed by atoms with Crippen molar-refractivity contribution in [3.05, 3.63) is 52.1 Å². The Morgan fingerprint density at radius 2 is 2.00 bits per heavy atom. The highest BCUT2D eigenvalue weighted by Crippen LogP contribution is 2.29. The van der Waals surface area contributed by atoms with Gasteiger partial charge in [-0.1, -0.05) is 24.6 Å². The molecule has 3 atom stereocenters. The summed E-state index contributed by atoms with van der Waals surface area (Å²) in [6.45, 7) is 5.74. The van der Waals surface area contributed by atoms with E-state index in [1.165, 1.54) is 17.5 Å². The molecule has 0 saturated heterocycles. The number of hydrogen-bond acceptors (Lipinski definition) is 6. The molecule has 1 amide bonds. The molecule has 2 aromatic rings. The van der Waals surface area contributed by atoms with Gasteiger partial charge in [-0.2, -0.15) is 4.31 Å². The lowest BCUT2D eigenvalue weighted by Crippen LogP contribution is -2.50. The van der Waals surface area contributed by atoms with Crippen molar-refractivity contribution in [2.75, 3.05) is 26.7 Å². The number of fused-ring (bicyclic) bond motifs is 1. The van der Waals surface area contributed by atoms with Gasteiger partial charge in [0.15, 0.2) is 0 Å². The minimum atomic E-state index is -3.72. The maximum absolute atomic E-state index is 13.2. The van der Waals surface area contributed by atoms with Gasteiger partial charge >= 0.3 is 0 Å². The molecule has 2 heterocycles. The Morgan fingerprint density at radius 1 is 1.34 bits per heavy atom. The SMILES string of the molecule is Cc1ccc(S(=O)(=O)N(C)C[C@@H]2Oc3ncc(Br)cc3C(=O)N([C@H](C)CO)C[C@@H]2C)cc1. The fourth-order valence-electron chi connectivity index (χ4n) is 3.54. The van der Waals surface area contributed by atoms with E-state index in [2.05, 4.69) is 20.9 Å². The average molecular weight is 526 g/mol. The monoisotopic (exact) mass is 525 g/mol. The standard InChI is InChI=1S/C22H28BrN3O5S/c1-14-5-7-18(8-6-14)32(29,30)25(4)12-20-15(2)11-26(16(3)13-27)22(28)19-9-17(23)10-24-21(19)31-20/h5-10,15-16,20,27H,11-13H2,1-4H3/t15-,16+,20-/m0/s1. The van der Waals surface area contributed by atoms with Crippen LogP contribution in [0.3, 0.4) is 0 Å². The van der Waals surface area contributed by atoms with Crippen LogP contribution in [0.15, 0.2) is 45.9 Å². The van der Waals surface area contributed by atoms with Crippen LogP contribution in [0.25, 0.3) is 0 Å². The molecule has 0 spiro atoms. The Balaban J connectivity index is 1.94. The largest absolute Gasteiger partial charge is 0.472 e. The van der Waals surface area contributed by atoms with Gasteiger partial charge in [-0.15, -0.1) is 0 Å². The first-order chi connectivity index (χ1) is 15.0. The Morgan fingerprint density at radius 3 is 2.62 bits per heavy atom. The number of pyridine rings is 1. The molecule has 0 bridgehead atoms. The van der Waals surface area contributed by atoms with Gasteiger partial charge in [0, 0.05) is 30.2 Å². The molecule has 0 saturated carbocycles. The molecule has 0 aliphatic carbocycles. The smallest absolute Gasteiger partial charge is 0.259 e. The molecule has 1 aliphatic heterocycles. The molecule has 8 nitrogen and oxygen atoms in total. The van der Waals surface area contributed by atoms with Crippen molar-refractivity contribution in [2.24, 2.45) is 5.92 Å². The first-order valence-electron chi connectivity index (χ1n) is 10.3. The minimum absolute atomic E-state index is 0.0735. The summed E-state index contributed by atoms with van der Waals surface area (Å²) < 4.78 is 34.2. The van der Waals surface area contributed by atoms with Gasteiger partial charge in [0.05, 0.1) is 24.1 Å². The van der Waals surface area contributed by atoms with E-state index >= 15 is 0 Å². The van der Waals surface area contributed by atoms with Crippen molar-refractivity contribution in [3.8, 4) is 5.88 Å². The van der Waals surface area contributed by atoms with Crippen LogP contribution in [0.1, 0.15) is 29.8 Å². The number of likely N-dealkylation sites (N-methyl/N-ethyl adjacent to an activating group) is 1. The van der Waals surface area contributed by atoms with E-state index in [1.807, 2.05) is 13.8 Å². The highest BCUT2D eigenvalue weighted by molar-refractivity contribution is 9.10. The first-order valence-corrected chi connectivity index (χ1v) is 12.5. The summed E-state index contributed by atoms with van der Waals surface area (Å²) in [6, 6.07) is 7.90. The van der Waals surface area contributed by atoms with E-state index in [9.17, 15) is 18.3 Å². The number of benzene rings is 1. The molecule has 1 aromatic carbocycles. The van der Waals surface area contributed by atoms with Crippen molar-refractivity contribution in [1.82, 2.24) is 14.2 Å². The molecular formula is C22H28BrN3O5S. The van der Waals surface area contributed by atoms with E-state index in [4.69, 9.17) is 4.74 Å². The third-order valence-corrected chi connectivity index (χ3v) is 7.93. The highest BCUT2D eigenvalue weighted by atomic mass is 79.9. The second-order valence-corrected chi connectivity index (χ2v) is 11.2. The number of aryl methyl sites for hydroxylation is 1. The van der Waals surface area contributed by atoms with Gasteiger partial charge in [0.1, 0.15) is 11.7 Å². The number of ether oxygens (including phenoxy) is 1. The van der Waals surface area contributed by atoms with Gasteiger partial charge < -0.3 is 14.7 Å². The van der Waals surface area contributed by atoms with Crippen LogP contribution in [0, 0.1) is 12.8 Å². The van der Waals surface area contributed by atoms with Crippen molar-refractivity contribution in [2.45, 2.75) is 37.8 Å². The van der Waals surface area contributed by atoms with E-state index in [1.54, 1.807) is 42.2 Å². The van der Waals surface area contributed by atoms with Crippen LogP contribution >= 0.6 is 15.9 Å². The number of aromatic nitrogens is 1. The Bertz CT molecular complexity index is 1080. The van der Waals surface area contributed by atoms with Crippen LogP contribution < -0.4 is 4.74 Å². The Labute approximate surface area is 197 Å². The summed E-state index contributed by atoms with van der Waals surface area (Å²) in [7, 11) is -2.21. The quantitative estimate of drug-likeness (QED) is 0.622. The topological polar surface area (TPSA) is 100 Å². The molecule has 0 radical (unpaired) electrons. The number of sulfonamides is 1. The molecular weight excluding hydrogens is 498 g/mol. The van der Waals surface area contributed by atoms with Crippen LogP contribution in [0.4, 0.5) is 0 Å². The van der Waals surface area contributed by atoms with Crippen LogP contribution in [-0.4, -0.2) is 72.5 Å². The van der Waals surface area contributed by atoms with Crippen LogP contribution in [0.2, 0.25) is 0 Å². The molecule has 0 fully saturated rings. The Hall–Kier alpha value is -2.01. The zero-order valence-electron chi connectivity index (χ0n) is 18.5. The number of carbonyl (C=O) groups is 1. The third-order valence-electron chi connectivity index (χ3n) is 5.65. The summed E-state index contributed by atoms with van der Waals surface area (Å²) in [5, 5.41) is 9.68. The van der Waals surface area contributed by atoms with E-state index < -0.39 is 22.2 Å². The lowest BCUT2D eigenvalue weighted by molar-refractivity contribution is 0.0373. The molecule has 0 unspecified atom stereocenters. The predicted molar refractivity (Wildman–Crippen MR) is 124 cm³/mol. The summed E-state index contributed by atoms with van der Waals surface area (Å²) in [6.07, 6.45) is 0.969. The van der Waals surface area contributed by atoms with Gasteiger partial charge in [-0.3, -0.25) is 4.79 Å². The number of nitrogens with zero attached hydrogens (tertiary/aromatic N) is 3. The van der Waals surface area contributed by atoms with Crippen molar-refractivity contribution < 1.29 is 23.1 Å². The first kappa shape index (κ1) is 24.6. The molecule has 3 rings (SSSR count). The zero-order valence-corrected chi connectivity index (χ0v) is 20.9. The fourth-order valence-corrected chi connectivity index (χ4v) is 5.05. The molecule has 32 heavy (non-hydrogen) atoms. The number of aliphatic hydroxyl groups excluding tert-OH is 1. The van der Waals surface area contributed by atoms with E-state index in [0.29, 0.717) is 11.0 Å². The normalized spacial score (nSPS) is 20.3. The van der Waals surface area contributed by atoms with Gasteiger partial charge in [-0.25, -0.2) is 13.4 Å². The van der Waals surface area contributed by atoms with Crippen molar-refractivity contribution in [1.29, 1.82) is 0 Å².